The van der Waals surface area contributed by atoms with Gasteiger partial charge in [0, 0.05) is 0 Å². The van der Waals surface area contributed by atoms with Crippen molar-refractivity contribution in [2.75, 3.05) is 0 Å². The molecular weight excluding hydrogens is 155 g/mol. The molecule has 0 saturated heterocycles. The van der Waals surface area contributed by atoms with Crippen molar-refractivity contribution in [3.8, 4) is 0 Å². The van der Waals surface area contributed by atoms with E-state index in [1.807, 2.05) is 44.2 Å². The van der Waals surface area contributed by atoms with Gasteiger partial charge in [-0.15, -0.1) is 0 Å². The topological polar surface area (TPSA) is 20.2 Å². The quantitative estimate of drug-likeness (QED) is 0.666. The van der Waals surface area contributed by atoms with Crippen LogP contribution in [0.5, 0.6) is 0 Å². The maximum Gasteiger partial charge on any atom is 0.0792 e. The maximum atomic E-state index is 9.48. The highest BCUT2D eigenvalue weighted by atomic mass is 31.1. The van der Waals surface area contributed by atoms with Crippen molar-refractivity contribution in [1.82, 2.24) is 0 Å². The van der Waals surface area contributed by atoms with E-state index in [2.05, 4.69) is 0 Å². The van der Waals surface area contributed by atoms with Crippen LogP contribution in [0.15, 0.2) is 30.3 Å². The number of hydrogen-bond donors (Lipinski definition) is 1. The molecule has 1 rings (SSSR count). The second-order valence-electron chi connectivity index (χ2n) is 3.05. The van der Waals surface area contributed by atoms with Crippen LogP contribution in [0.25, 0.3) is 0 Å². The van der Waals surface area contributed by atoms with Crippen LogP contribution in [0.3, 0.4) is 0 Å². The van der Waals surface area contributed by atoms with E-state index in [0.717, 1.165) is 0 Å². The summed E-state index contributed by atoms with van der Waals surface area (Å²) in [6, 6.07) is 10.0. The van der Waals surface area contributed by atoms with E-state index in [0.29, 0.717) is 8.58 Å². The predicted octanol–water partition coefficient (Wildman–Crippen LogP) is 1.72. The van der Waals surface area contributed by atoms with Crippen LogP contribution in [-0.4, -0.2) is 10.4 Å². The van der Waals surface area contributed by atoms with E-state index in [1.165, 1.54) is 5.30 Å². The molecule has 1 aromatic carbocycles. The van der Waals surface area contributed by atoms with Gasteiger partial charge in [-0.3, -0.25) is 0 Å². The Kier molecular flexibility index (Phi) is 2.64. The molecule has 0 amide bonds. The summed E-state index contributed by atoms with van der Waals surface area (Å²) in [5.41, 5.74) is 0. The molecule has 60 valence electrons. The van der Waals surface area contributed by atoms with Gasteiger partial charge in [-0.05, 0) is 19.2 Å². The largest absolute Gasteiger partial charge is 0.386 e. The zero-order valence-electron chi connectivity index (χ0n) is 6.83. The van der Waals surface area contributed by atoms with Crippen molar-refractivity contribution in [2.24, 2.45) is 0 Å². The van der Waals surface area contributed by atoms with E-state index >= 15 is 0 Å². The molecule has 1 atom stereocenters. The highest BCUT2D eigenvalue weighted by Crippen LogP contribution is 2.26. The van der Waals surface area contributed by atoms with Crippen LogP contribution < -0.4 is 5.30 Å². The Morgan fingerprint density at radius 2 is 1.73 bits per heavy atom. The Labute approximate surface area is 69.2 Å². The molecule has 0 aliphatic rings. The summed E-state index contributed by atoms with van der Waals surface area (Å²) in [5.74, 6) is 0. The molecule has 0 fully saturated rings. The third-order valence-corrected chi connectivity index (χ3v) is 2.46. The summed E-state index contributed by atoms with van der Waals surface area (Å²) in [6.45, 7) is 3.66. The minimum Gasteiger partial charge on any atom is -0.386 e. The molecule has 0 heterocycles. The summed E-state index contributed by atoms with van der Waals surface area (Å²) in [6.07, 6.45) is 0. The minimum absolute atomic E-state index is 0.469. The summed E-state index contributed by atoms with van der Waals surface area (Å²) < 4.78 is 0. The fourth-order valence-electron chi connectivity index (χ4n) is 0.875. The number of benzene rings is 1. The molecule has 1 unspecified atom stereocenters. The molecule has 0 saturated carbocycles. The van der Waals surface area contributed by atoms with Crippen LogP contribution in [-0.2, 0) is 0 Å². The normalized spacial score (nSPS) is 12.6. The van der Waals surface area contributed by atoms with Gasteiger partial charge in [0.1, 0.15) is 0 Å². The fourth-order valence-corrected chi connectivity index (χ4v) is 1.94. The van der Waals surface area contributed by atoms with E-state index in [9.17, 15) is 5.11 Å². The smallest absolute Gasteiger partial charge is 0.0792 e. The number of rotatable bonds is 2. The summed E-state index contributed by atoms with van der Waals surface area (Å²) in [4.78, 5) is 0. The summed E-state index contributed by atoms with van der Waals surface area (Å²) >= 11 is 0. The lowest BCUT2D eigenvalue weighted by molar-refractivity contribution is 0.176. The van der Waals surface area contributed by atoms with Gasteiger partial charge >= 0.3 is 0 Å². The first-order valence-corrected chi connectivity index (χ1v) is 4.63. The van der Waals surface area contributed by atoms with Crippen LogP contribution >= 0.6 is 8.58 Å². The molecule has 0 spiro atoms. The molecule has 1 aromatic rings. The van der Waals surface area contributed by atoms with Gasteiger partial charge in [0.2, 0.25) is 0 Å². The first-order chi connectivity index (χ1) is 5.08. The van der Waals surface area contributed by atoms with Gasteiger partial charge < -0.3 is 5.11 Å². The SMILES string of the molecule is CC(C)(O)Pc1ccccc1. The van der Waals surface area contributed by atoms with Gasteiger partial charge in [0.05, 0.1) is 5.34 Å². The zero-order chi connectivity index (χ0) is 8.32. The molecule has 0 aliphatic heterocycles. The number of hydrogen-bond acceptors (Lipinski definition) is 1. The second-order valence-corrected chi connectivity index (χ2v) is 5.10. The fraction of sp³-hybridized carbons (Fsp3) is 0.333. The summed E-state index contributed by atoms with van der Waals surface area (Å²) in [5, 5.41) is 10.1. The third-order valence-electron chi connectivity index (χ3n) is 1.22. The van der Waals surface area contributed by atoms with E-state index in [-0.39, 0.29) is 0 Å². The molecular formula is C9H13OP. The average molecular weight is 168 g/mol. The summed E-state index contributed by atoms with van der Waals surface area (Å²) in [7, 11) is 0.469. The van der Waals surface area contributed by atoms with Crippen LogP contribution in [0.2, 0.25) is 0 Å². The van der Waals surface area contributed by atoms with Gasteiger partial charge in [-0.2, -0.15) is 0 Å². The molecule has 2 heteroatoms. The van der Waals surface area contributed by atoms with E-state index < -0.39 is 5.34 Å². The third kappa shape index (κ3) is 3.50. The Bertz CT molecular complexity index is 213. The predicted molar refractivity (Wildman–Crippen MR) is 50.7 cm³/mol. The van der Waals surface area contributed by atoms with Gasteiger partial charge in [0.15, 0.2) is 0 Å². The second kappa shape index (κ2) is 3.34. The van der Waals surface area contributed by atoms with Crippen molar-refractivity contribution in [3.63, 3.8) is 0 Å². The molecule has 1 N–H and O–H groups in total. The van der Waals surface area contributed by atoms with Crippen LogP contribution in [0.1, 0.15) is 13.8 Å². The van der Waals surface area contributed by atoms with Crippen molar-refractivity contribution in [2.45, 2.75) is 19.2 Å². The Morgan fingerprint density at radius 3 is 2.18 bits per heavy atom. The number of aliphatic hydroxyl groups is 1. The van der Waals surface area contributed by atoms with Gasteiger partial charge in [-0.1, -0.05) is 38.9 Å². The Morgan fingerprint density at radius 1 is 1.18 bits per heavy atom. The monoisotopic (exact) mass is 168 g/mol. The first-order valence-electron chi connectivity index (χ1n) is 3.63. The van der Waals surface area contributed by atoms with Crippen molar-refractivity contribution < 1.29 is 5.11 Å². The highest BCUT2D eigenvalue weighted by molar-refractivity contribution is 7.48. The van der Waals surface area contributed by atoms with Gasteiger partial charge in [-0.25, -0.2) is 0 Å². The minimum atomic E-state index is -0.568. The Hall–Kier alpha value is -0.390. The van der Waals surface area contributed by atoms with Crippen LogP contribution in [0.4, 0.5) is 0 Å². The molecule has 0 radical (unpaired) electrons. The van der Waals surface area contributed by atoms with Crippen molar-refractivity contribution in [3.05, 3.63) is 30.3 Å². The van der Waals surface area contributed by atoms with Crippen molar-refractivity contribution in [1.29, 1.82) is 0 Å². The van der Waals surface area contributed by atoms with E-state index in [4.69, 9.17) is 0 Å². The maximum absolute atomic E-state index is 9.48. The highest BCUT2D eigenvalue weighted by Gasteiger charge is 2.11. The van der Waals surface area contributed by atoms with Crippen molar-refractivity contribution >= 4 is 13.9 Å². The average Bonchev–Trinajstić information content (AvgIpc) is 1.85. The van der Waals surface area contributed by atoms with Gasteiger partial charge in [0.25, 0.3) is 0 Å². The lowest BCUT2D eigenvalue weighted by Gasteiger charge is -2.16. The lowest BCUT2D eigenvalue weighted by atomic mass is 10.4. The molecule has 0 bridgehead atoms. The lowest BCUT2D eigenvalue weighted by Crippen LogP contribution is -2.14. The molecule has 1 nitrogen and oxygen atoms in total. The molecule has 11 heavy (non-hydrogen) atoms. The standard InChI is InChI=1S/C9H13OP/c1-9(2,10)11-8-6-4-3-5-7-8/h3-7,10-11H,1-2H3. The first kappa shape index (κ1) is 8.70. The van der Waals surface area contributed by atoms with E-state index in [1.54, 1.807) is 0 Å². The molecule has 0 aliphatic carbocycles. The van der Waals surface area contributed by atoms with Crippen LogP contribution in [0, 0.1) is 0 Å². The molecule has 0 aromatic heterocycles. The Balaban J connectivity index is 2.66. The zero-order valence-corrected chi connectivity index (χ0v) is 7.83.